The summed E-state index contributed by atoms with van der Waals surface area (Å²) in [4.78, 5) is 8.50. The number of aryl methyl sites for hydroxylation is 2. The van der Waals surface area contributed by atoms with Gasteiger partial charge in [0.2, 0.25) is 0 Å². The fraction of sp³-hybridized carbons (Fsp3) is 0.385. The molecule has 0 saturated heterocycles. The van der Waals surface area contributed by atoms with Gasteiger partial charge in [-0.25, -0.2) is 0 Å². The fourth-order valence-corrected chi connectivity index (χ4v) is 1.56. The fourth-order valence-electron chi connectivity index (χ4n) is 1.56. The Labute approximate surface area is 101 Å². The van der Waals surface area contributed by atoms with Gasteiger partial charge in [0, 0.05) is 18.9 Å². The Bertz CT molecular complexity index is 476. The van der Waals surface area contributed by atoms with E-state index in [1.165, 1.54) is 0 Å². The zero-order valence-electron chi connectivity index (χ0n) is 10.4. The third-order valence-corrected chi connectivity index (χ3v) is 2.61. The van der Waals surface area contributed by atoms with E-state index in [-0.39, 0.29) is 6.04 Å². The summed E-state index contributed by atoms with van der Waals surface area (Å²) in [7, 11) is 0. The van der Waals surface area contributed by atoms with Crippen LogP contribution in [0.1, 0.15) is 35.9 Å². The van der Waals surface area contributed by atoms with Crippen molar-refractivity contribution in [1.29, 1.82) is 0 Å². The number of hydrogen-bond donors (Lipinski definition) is 1. The molecule has 0 bridgehead atoms. The van der Waals surface area contributed by atoms with E-state index in [0.717, 1.165) is 22.9 Å². The van der Waals surface area contributed by atoms with Gasteiger partial charge in [0.1, 0.15) is 11.5 Å². The van der Waals surface area contributed by atoms with Crippen LogP contribution in [0.3, 0.4) is 0 Å². The lowest BCUT2D eigenvalue weighted by Gasteiger charge is -2.10. The molecule has 2 rings (SSSR count). The summed E-state index contributed by atoms with van der Waals surface area (Å²) in [6, 6.07) is 4.14. The molecule has 0 aliphatic carbocycles. The SMILES string of the molecule is Cc1cnc(CNC(C)c2ccc(C)o2)cn1. The van der Waals surface area contributed by atoms with Crippen LogP contribution in [0, 0.1) is 13.8 Å². The summed E-state index contributed by atoms with van der Waals surface area (Å²) in [6.45, 7) is 6.63. The second kappa shape index (κ2) is 5.10. The average Bonchev–Trinajstić information content (AvgIpc) is 2.75. The first-order chi connectivity index (χ1) is 8.15. The van der Waals surface area contributed by atoms with Gasteiger partial charge in [-0.3, -0.25) is 9.97 Å². The number of nitrogens with one attached hydrogen (secondary N) is 1. The van der Waals surface area contributed by atoms with Crippen LogP contribution in [0.4, 0.5) is 0 Å². The predicted octanol–water partition coefficient (Wildman–Crippen LogP) is 2.54. The monoisotopic (exact) mass is 231 g/mol. The van der Waals surface area contributed by atoms with Crippen LogP contribution < -0.4 is 5.32 Å². The number of nitrogens with zero attached hydrogens (tertiary/aromatic N) is 2. The van der Waals surface area contributed by atoms with Gasteiger partial charge < -0.3 is 9.73 Å². The Morgan fingerprint density at radius 2 is 2.06 bits per heavy atom. The lowest BCUT2D eigenvalue weighted by atomic mass is 10.2. The molecule has 2 heterocycles. The maximum atomic E-state index is 5.55. The van der Waals surface area contributed by atoms with Crippen LogP contribution >= 0.6 is 0 Å². The molecule has 0 spiro atoms. The Morgan fingerprint density at radius 1 is 1.24 bits per heavy atom. The standard InChI is InChI=1S/C13H17N3O/c1-9-6-16-12(7-14-9)8-15-11(3)13-5-4-10(2)17-13/h4-7,11,15H,8H2,1-3H3. The number of furan rings is 1. The molecule has 0 saturated carbocycles. The lowest BCUT2D eigenvalue weighted by molar-refractivity contribution is 0.414. The highest BCUT2D eigenvalue weighted by molar-refractivity contribution is 5.09. The summed E-state index contributed by atoms with van der Waals surface area (Å²) in [5.74, 6) is 1.88. The van der Waals surface area contributed by atoms with E-state index in [4.69, 9.17) is 4.42 Å². The van der Waals surface area contributed by atoms with Gasteiger partial charge in [-0.15, -0.1) is 0 Å². The molecule has 17 heavy (non-hydrogen) atoms. The molecule has 2 aromatic heterocycles. The Morgan fingerprint density at radius 3 is 2.65 bits per heavy atom. The summed E-state index contributed by atoms with van der Waals surface area (Å²) < 4.78 is 5.55. The highest BCUT2D eigenvalue weighted by Crippen LogP contribution is 2.15. The highest BCUT2D eigenvalue weighted by atomic mass is 16.3. The predicted molar refractivity (Wildman–Crippen MR) is 65.5 cm³/mol. The van der Waals surface area contributed by atoms with Gasteiger partial charge in [-0.1, -0.05) is 0 Å². The largest absolute Gasteiger partial charge is 0.465 e. The summed E-state index contributed by atoms with van der Waals surface area (Å²) >= 11 is 0. The number of rotatable bonds is 4. The summed E-state index contributed by atoms with van der Waals surface area (Å²) in [5, 5.41) is 3.35. The summed E-state index contributed by atoms with van der Waals surface area (Å²) in [5.41, 5.74) is 1.87. The normalized spacial score (nSPS) is 12.6. The number of aromatic nitrogens is 2. The molecule has 1 unspecified atom stereocenters. The zero-order chi connectivity index (χ0) is 12.3. The second-order valence-electron chi connectivity index (χ2n) is 4.20. The smallest absolute Gasteiger partial charge is 0.120 e. The van der Waals surface area contributed by atoms with Crippen LogP contribution in [0.15, 0.2) is 28.9 Å². The van der Waals surface area contributed by atoms with E-state index in [9.17, 15) is 0 Å². The Kier molecular flexibility index (Phi) is 3.54. The Balaban J connectivity index is 1.92. The lowest BCUT2D eigenvalue weighted by Crippen LogP contribution is -2.18. The molecule has 0 aromatic carbocycles. The molecule has 2 aromatic rings. The topological polar surface area (TPSA) is 51.0 Å². The second-order valence-corrected chi connectivity index (χ2v) is 4.20. The van der Waals surface area contributed by atoms with Crippen molar-refractivity contribution >= 4 is 0 Å². The van der Waals surface area contributed by atoms with Gasteiger partial charge in [0.25, 0.3) is 0 Å². The molecule has 4 heteroatoms. The van der Waals surface area contributed by atoms with Gasteiger partial charge in [-0.05, 0) is 32.9 Å². The minimum Gasteiger partial charge on any atom is -0.465 e. The van der Waals surface area contributed by atoms with Crippen molar-refractivity contribution in [2.45, 2.75) is 33.4 Å². The van der Waals surface area contributed by atoms with E-state index in [1.54, 1.807) is 12.4 Å². The molecule has 1 atom stereocenters. The van der Waals surface area contributed by atoms with Crippen molar-refractivity contribution in [1.82, 2.24) is 15.3 Å². The summed E-state index contributed by atoms with van der Waals surface area (Å²) in [6.07, 6.45) is 3.57. The Hall–Kier alpha value is -1.68. The molecule has 0 aliphatic heterocycles. The molecular formula is C13H17N3O. The first-order valence-electron chi connectivity index (χ1n) is 5.72. The quantitative estimate of drug-likeness (QED) is 0.878. The van der Waals surface area contributed by atoms with Gasteiger partial charge in [0.05, 0.1) is 17.4 Å². The van der Waals surface area contributed by atoms with Crippen LogP contribution in [0.2, 0.25) is 0 Å². The first kappa shape index (κ1) is 11.8. The van der Waals surface area contributed by atoms with Crippen LogP contribution in [0.5, 0.6) is 0 Å². The number of hydrogen-bond acceptors (Lipinski definition) is 4. The van der Waals surface area contributed by atoms with Crippen molar-refractivity contribution < 1.29 is 4.42 Å². The van der Waals surface area contributed by atoms with E-state index >= 15 is 0 Å². The van der Waals surface area contributed by atoms with Crippen LogP contribution in [0.25, 0.3) is 0 Å². The molecule has 4 nitrogen and oxygen atoms in total. The van der Waals surface area contributed by atoms with Crippen molar-refractivity contribution in [2.75, 3.05) is 0 Å². The third kappa shape index (κ3) is 3.14. The maximum absolute atomic E-state index is 5.55. The molecular weight excluding hydrogens is 214 g/mol. The van der Waals surface area contributed by atoms with E-state index < -0.39 is 0 Å². The molecule has 0 aliphatic rings. The first-order valence-corrected chi connectivity index (χ1v) is 5.72. The maximum Gasteiger partial charge on any atom is 0.120 e. The minimum atomic E-state index is 0.173. The molecule has 0 radical (unpaired) electrons. The minimum absolute atomic E-state index is 0.173. The third-order valence-electron chi connectivity index (χ3n) is 2.61. The van der Waals surface area contributed by atoms with Crippen molar-refractivity contribution in [3.05, 3.63) is 47.4 Å². The average molecular weight is 231 g/mol. The van der Waals surface area contributed by atoms with Crippen LogP contribution in [-0.4, -0.2) is 9.97 Å². The van der Waals surface area contributed by atoms with Crippen molar-refractivity contribution in [2.24, 2.45) is 0 Å². The molecule has 0 amide bonds. The van der Waals surface area contributed by atoms with Crippen molar-refractivity contribution in [3.8, 4) is 0 Å². The molecule has 1 N–H and O–H groups in total. The van der Waals surface area contributed by atoms with E-state index in [1.807, 2.05) is 26.0 Å². The van der Waals surface area contributed by atoms with Gasteiger partial charge in [-0.2, -0.15) is 0 Å². The molecule has 90 valence electrons. The molecule has 0 fully saturated rings. The van der Waals surface area contributed by atoms with E-state index in [0.29, 0.717) is 6.54 Å². The van der Waals surface area contributed by atoms with Crippen LogP contribution in [-0.2, 0) is 6.54 Å². The van der Waals surface area contributed by atoms with E-state index in [2.05, 4.69) is 22.2 Å². The highest BCUT2D eigenvalue weighted by Gasteiger charge is 2.08. The van der Waals surface area contributed by atoms with Gasteiger partial charge in [0.15, 0.2) is 0 Å². The zero-order valence-corrected chi connectivity index (χ0v) is 10.4. The van der Waals surface area contributed by atoms with Crippen molar-refractivity contribution in [3.63, 3.8) is 0 Å². The van der Waals surface area contributed by atoms with Gasteiger partial charge >= 0.3 is 0 Å².